The predicted octanol–water partition coefficient (Wildman–Crippen LogP) is 1.30. The van der Waals surface area contributed by atoms with Crippen LogP contribution in [0.5, 0.6) is 0 Å². The number of nitrogens with one attached hydrogen (secondary N) is 2. The average molecular weight is 221 g/mol. The van der Waals surface area contributed by atoms with Crippen LogP contribution in [0.1, 0.15) is 26.7 Å². The number of H-pyrrole nitrogens is 1. The predicted molar refractivity (Wildman–Crippen MR) is 58.6 cm³/mol. The lowest BCUT2D eigenvalue weighted by molar-refractivity contribution is 0.272. The van der Waals surface area contributed by atoms with Gasteiger partial charge < -0.3 is 14.8 Å². The topological polar surface area (TPSA) is 79.6 Å². The summed E-state index contributed by atoms with van der Waals surface area (Å²) in [6.07, 6.45) is 3.38. The van der Waals surface area contributed by atoms with Gasteiger partial charge >= 0.3 is 0 Å². The molecule has 2 aromatic rings. The van der Waals surface area contributed by atoms with Crippen molar-refractivity contribution in [3.8, 4) is 11.6 Å². The molecule has 0 aromatic carbocycles. The van der Waals surface area contributed by atoms with E-state index in [0.717, 1.165) is 6.54 Å². The molecule has 0 bridgehead atoms. The summed E-state index contributed by atoms with van der Waals surface area (Å²) in [5.41, 5.74) is -0.327. The molecule has 2 heterocycles. The summed E-state index contributed by atoms with van der Waals surface area (Å²) in [7, 11) is 0. The summed E-state index contributed by atoms with van der Waals surface area (Å²) in [5.74, 6) is 1.65. The minimum Gasteiger partial charge on any atom is -0.342 e. The Kier molecular flexibility index (Phi) is 2.74. The average Bonchev–Trinajstić information content (AvgIpc) is 2.89. The van der Waals surface area contributed by atoms with E-state index in [9.17, 15) is 0 Å². The van der Waals surface area contributed by atoms with Crippen LogP contribution in [0, 0.1) is 0 Å². The molecule has 0 spiro atoms. The van der Waals surface area contributed by atoms with E-state index < -0.39 is 0 Å². The number of hydrogen-bond acceptors (Lipinski definition) is 5. The second-order valence-electron chi connectivity index (χ2n) is 4.02. The Hall–Kier alpha value is -1.69. The van der Waals surface area contributed by atoms with E-state index in [1.165, 1.54) is 0 Å². The molecule has 0 fully saturated rings. The Balaban J connectivity index is 2.26. The highest BCUT2D eigenvalue weighted by Gasteiger charge is 2.26. The van der Waals surface area contributed by atoms with Gasteiger partial charge in [0.1, 0.15) is 0 Å². The van der Waals surface area contributed by atoms with Crippen molar-refractivity contribution in [3.63, 3.8) is 0 Å². The van der Waals surface area contributed by atoms with Gasteiger partial charge in [-0.2, -0.15) is 4.98 Å². The largest absolute Gasteiger partial charge is 0.342 e. The minimum absolute atomic E-state index is 0.327. The molecular formula is C10H15N5O. The third-order valence-electron chi connectivity index (χ3n) is 2.29. The standard InChI is InChI=1S/C10H15N5O/c1-4-13-10(2,3)9-14-8(15-16-9)7-11-5-6-12-7/h5-6,13H,4H2,1-3H3,(H,11,12). The van der Waals surface area contributed by atoms with Crippen molar-refractivity contribution in [2.24, 2.45) is 0 Å². The Morgan fingerprint density at radius 3 is 2.94 bits per heavy atom. The van der Waals surface area contributed by atoms with E-state index in [4.69, 9.17) is 4.52 Å². The molecule has 0 saturated carbocycles. The molecule has 0 unspecified atom stereocenters. The maximum atomic E-state index is 5.22. The summed E-state index contributed by atoms with van der Waals surface area (Å²) >= 11 is 0. The van der Waals surface area contributed by atoms with Gasteiger partial charge in [0.2, 0.25) is 11.7 Å². The monoisotopic (exact) mass is 221 g/mol. The van der Waals surface area contributed by atoms with Crippen LogP contribution in [-0.4, -0.2) is 26.7 Å². The van der Waals surface area contributed by atoms with Crippen LogP contribution >= 0.6 is 0 Å². The lowest BCUT2D eigenvalue weighted by atomic mass is 10.1. The van der Waals surface area contributed by atoms with Crippen LogP contribution in [0.3, 0.4) is 0 Å². The molecular weight excluding hydrogens is 206 g/mol. The highest BCUT2D eigenvalue weighted by atomic mass is 16.5. The number of nitrogens with zero attached hydrogens (tertiary/aromatic N) is 3. The molecule has 2 aromatic heterocycles. The van der Waals surface area contributed by atoms with Gasteiger partial charge in [-0.05, 0) is 20.4 Å². The zero-order chi connectivity index (χ0) is 11.6. The molecule has 0 aliphatic heterocycles. The van der Waals surface area contributed by atoms with Crippen molar-refractivity contribution >= 4 is 0 Å². The quantitative estimate of drug-likeness (QED) is 0.813. The molecule has 0 aliphatic rings. The van der Waals surface area contributed by atoms with Gasteiger partial charge in [-0.15, -0.1) is 0 Å². The van der Waals surface area contributed by atoms with Crippen molar-refractivity contribution in [2.75, 3.05) is 6.54 Å². The van der Waals surface area contributed by atoms with Crippen LogP contribution in [0.4, 0.5) is 0 Å². The lowest BCUT2D eigenvalue weighted by Crippen LogP contribution is -2.36. The van der Waals surface area contributed by atoms with Crippen molar-refractivity contribution < 1.29 is 4.52 Å². The molecule has 0 radical (unpaired) electrons. The van der Waals surface area contributed by atoms with Crippen molar-refractivity contribution in [1.29, 1.82) is 0 Å². The van der Waals surface area contributed by atoms with Gasteiger partial charge in [0, 0.05) is 12.4 Å². The van der Waals surface area contributed by atoms with E-state index in [1.807, 2.05) is 20.8 Å². The number of aromatic amines is 1. The smallest absolute Gasteiger partial charge is 0.246 e. The van der Waals surface area contributed by atoms with Gasteiger partial charge in [-0.3, -0.25) is 0 Å². The van der Waals surface area contributed by atoms with E-state index in [1.54, 1.807) is 12.4 Å². The lowest BCUT2D eigenvalue weighted by Gasteiger charge is -2.20. The Labute approximate surface area is 93.5 Å². The molecule has 0 atom stereocenters. The van der Waals surface area contributed by atoms with E-state index >= 15 is 0 Å². The normalized spacial score (nSPS) is 11.9. The summed E-state index contributed by atoms with van der Waals surface area (Å²) in [5, 5.41) is 7.16. The summed E-state index contributed by atoms with van der Waals surface area (Å²) in [6.45, 7) is 6.86. The highest BCUT2D eigenvalue weighted by molar-refractivity contribution is 5.41. The molecule has 2 rings (SSSR count). The Bertz CT molecular complexity index is 445. The fourth-order valence-corrected chi connectivity index (χ4v) is 1.48. The molecule has 16 heavy (non-hydrogen) atoms. The van der Waals surface area contributed by atoms with Gasteiger partial charge in [0.25, 0.3) is 0 Å². The number of hydrogen-bond donors (Lipinski definition) is 2. The van der Waals surface area contributed by atoms with E-state index in [-0.39, 0.29) is 5.54 Å². The highest BCUT2D eigenvalue weighted by Crippen LogP contribution is 2.20. The van der Waals surface area contributed by atoms with Crippen LogP contribution in [0.25, 0.3) is 11.6 Å². The third-order valence-corrected chi connectivity index (χ3v) is 2.29. The maximum absolute atomic E-state index is 5.22. The van der Waals surface area contributed by atoms with Crippen molar-refractivity contribution in [3.05, 3.63) is 18.3 Å². The Morgan fingerprint density at radius 1 is 1.50 bits per heavy atom. The molecule has 0 amide bonds. The van der Waals surface area contributed by atoms with Crippen molar-refractivity contribution in [1.82, 2.24) is 25.4 Å². The van der Waals surface area contributed by atoms with Crippen LogP contribution in [-0.2, 0) is 5.54 Å². The Morgan fingerprint density at radius 2 is 2.31 bits per heavy atom. The molecule has 0 saturated heterocycles. The third kappa shape index (κ3) is 1.96. The summed E-state index contributed by atoms with van der Waals surface area (Å²) in [4.78, 5) is 11.3. The first-order valence-corrected chi connectivity index (χ1v) is 5.22. The van der Waals surface area contributed by atoms with Crippen LogP contribution in [0.2, 0.25) is 0 Å². The SMILES string of the molecule is CCNC(C)(C)c1nc(-c2ncc[nH]2)no1. The number of imidazole rings is 1. The fourth-order valence-electron chi connectivity index (χ4n) is 1.48. The van der Waals surface area contributed by atoms with Crippen LogP contribution in [0.15, 0.2) is 16.9 Å². The number of rotatable bonds is 4. The second-order valence-corrected chi connectivity index (χ2v) is 4.02. The zero-order valence-electron chi connectivity index (χ0n) is 9.61. The van der Waals surface area contributed by atoms with Gasteiger partial charge in [0.15, 0.2) is 5.82 Å². The molecule has 0 aliphatic carbocycles. The first-order valence-electron chi connectivity index (χ1n) is 5.22. The van der Waals surface area contributed by atoms with Gasteiger partial charge in [-0.25, -0.2) is 4.98 Å². The van der Waals surface area contributed by atoms with Crippen LogP contribution < -0.4 is 5.32 Å². The first kappa shape index (κ1) is 10.8. The summed E-state index contributed by atoms with van der Waals surface area (Å²) in [6, 6.07) is 0. The zero-order valence-corrected chi connectivity index (χ0v) is 9.61. The molecule has 6 heteroatoms. The molecule has 2 N–H and O–H groups in total. The maximum Gasteiger partial charge on any atom is 0.246 e. The second kappa shape index (κ2) is 4.05. The fraction of sp³-hybridized carbons (Fsp3) is 0.500. The molecule has 86 valence electrons. The molecule has 6 nitrogen and oxygen atoms in total. The van der Waals surface area contributed by atoms with Crippen molar-refractivity contribution in [2.45, 2.75) is 26.3 Å². The number of aromatic nitrogens is 4. The minimum atomic E-state index is -0.327. The van der Waals surface area contributed by atoms with Gasteiger partial charge in [0.05, 0.1) is 5.54 Å². The van der Waals surface area contributed by atoms with Gasteiger partial charge in [-0.1, -0.05) is 12.1 Å². The van der Waals surface area contributed by atoms with E-state index in [0.29, 0.717) is 17.5 Å². The summed E-state index contributed by atoms with van der Waals surface area (Å²) < 4.78 is 5.22. The van der Waals surface area contributed by atoms with E-state index in [2.05, 4.69) is 25.4 Å². The first-order chi connectivity index (χ1) is 7.63.